The summed E-state index contributed by atoms with van der Waals surface area (Å²) in [4.78, 5) is 12.0. The summed E-state index contributed by atoms with van der Waals surface area (Å²) >= 11 is 0. The number of aliphatic hydroxyl groups is 1. The zero-order valence-electron chi connectivity index (χ0n) is 10.6. The van der Waals surface area contributed by atoms with E-state index in [4.69, 9.17) is 9.78 Å². The average molecular weight is 269 g/mol. The molecule has 1 heterocycles. The number of hydrogen-bond acceptors (Lipinski definition) is 5. The molecule has 2 N–H and O–H groups in total. The van der Waals surface area contributed by atoms with Crippen LogP contribution in [0.1, 0.15) is 11.3 Å². The highest BCUT2D eigenvalue weighted by Gasteiger charge is 2.19. The van der Waals surface area contributed by atoms with Gasteiger partial charge in [-0.1, -0.05) is 23.4 Å². The number of nitrogens with one attached hydrogen (secondary N) is 1. The Bertz CT molecular complexity index is 696. The summed E-state index contributed by atoms with van der Waals surface area (Å²) < 4.78 is 4.79. The number of amides is 1. The first kappa shape index (κ1) is 13.4. The summed E-state index contributed by atoms with van der Waals surface area (Å²) in [6.45, 7) is 1.57. The Hall–Kier alpha value is -3.07. The SMILES string of the molecule is Cc1oncc1/C(O)=C(\C#N)C(=O)Nc1ccccc1. The Morgan fingerprint density at radius 2 is 2.10 bits per heavy atom. The molecule has 0 atom stereocenters. The summed E-state index contributed by atoms with van der Waals surface area (Å²) in [6.07, 6.45) is 1.25. The largest absolute Gasteiger partial charge is 0.506 e. The highest BCUT2D eigenvalue weighted by atomic mass is 16.5. The molecule has 0 saturated heterocycles. The highest BCUT2D eigenvalue weighted by Crippen LogP contribution is 2.20. The lowest BCUT2D eigenvalue weighted by Crippen LogP contribution is -2.15. The second-order valence-electron chi connectivity index (χ2n) is 3.95. The van der Waals surface area contributed by atoms with Gasteiger partial charge in [0, 0.05) is 5.69 Å². The van der Waals surface area contributed by atoms with Crippen LogP contribution in [-0.2, 0) is 4.79 Å². The van der Waals surface area contributed by atoms with Gasteiger partial charge >= 0.3 is 0 Å². The first-order chi connectivity index (χ1) is 9.63. The number of carbonyl (C=O) groups excluding carboxylic acids is 1. The molecular formula is C14H11N3O3. The van der Waals surface area contributed by atoms with Crippen molar-refractivity contribution in [3.8, 4) is 6.07 Å². The number of hydrogen-bond donors (Lipinski definition) is 2. The van der Waals surface area contributed by atoms with Crippen molar-refractivity contribution in [1.29, 1.82) is 5.26 Å². The molecular weight excluding hydrogens is 258 g/mol. The van der Waals surface area contributed by atoms with E-state index < -0.39 is 17.2 Å². The Labute approximate surface area is 114 Å². The van der Waals surface area contributed by atoms with E-state index in [1.165, 1.54) is 6.20 Å². The molecule has 20 heavy (non-hydrogen) atoms. The van der Waals surface area contributed by atoms with Gasteiger partial charge in [0.15, 0.2) is 11.3 Å². The van der Waals surface area contributed by atoms with Crippen LogP contribution < -0.4 is 5.32 Å². The predicted octanol–water partition coefficient (Wildman–Crippen LogP) is 2.41. The van der Waals surface area contributed by atoms with Crippen molar-refractivity contribution in [3.05, 3.63) is 53.4 Å². The number of rotatable bonds is 3. The maximum absolute atomic E-state index is 12.0. The number of anilines is 1. The van der Waals surface area contributed by atoms with Gasteiger partial charge in [-0.2, -0.15) is 5.26 Å². The monoisotopic (exact) mass is 269 g/mol. The van der Waals surface area contributed by atoms with E-state index in [0.717, 1.165) is 0 Å². The van der Waals surface area contributed by atoms with Crippen LogP contribution in [0.4, 0.5) is 5.69 Å². The van der Waals surface area contributed by atoms with Crippen molar-refractivity contribution < 1.29 is 14.4 Å². The van der Waals surface area contributed by atoms with E-state index in [0.29, 0.717) is 11.4 Å². The van der Waals surface area contributed by atoms with Crippen LogP contribution in [0.5, 0.6) is 0 Å². The molecule has 0 bridgehead atoms. The van der Waals surface area contributed by atoms with Gasteiger partial charge in [-0.15, -0.1) is 0 Å². The van der Waals surface area contributed by atoms with Crippen LogP contribution in [-0.4, -0.2) is 16.2 Å². The van der Waals surface area contributed by atoms with E-state index in [1.54, 1.807) is 43.3 Å². The fraction of sp³-hybridized carbons (Fsp3) is 0.0714. The number of aryl methyl sites for hydroxylation is 1. The van der Waals surface area contributed by atoms with Gasteiger partial charge in [-0.05, 0) is 19.1 Å². The Morgan fingerprint density at radius 1 is 1.40 bits per heavy atom. The number of aromatic nitrogens is 1. The maximum Gasteiger partial charge on any atom is 0.270 e. The van der Waals surface area contributed by atoms with Gasteiger partial charge in [0.2, 0.25) is 0 Å². The number of aliphatic hydroxyl groups excluding tert-OH is 1. The molecule has 6 heteroatoms. The first-order valence-corrected chi connectivity index (χ1v) is 5.75. The first-order valence-electron chi connectivity index (χ1n) is 5.75. The lowest BCUT2D eigenvalue weighted by Gasteiger charge is -2.05. The molecule has 0 radical (unpaired) electrons. The highest BCUT2D eigenvalue weighted by molar-refractivity contribution is 6.10. The van der Waals surface area contributed by atoms with E-state index in [-0.39, 0.29) is 5.56 Å². The van der Waals surface area contributed by atoms with E-state index in [2.05, 4.69) is 10.5 Å². The van der Waals surface area contributed by atoms with Gasteiger partial charge < -0.3 is 14.9 Å². The molecule has 0 unspecified atom stereocenters. The molecule has 0 aliphatic rings. The topological polar surface area (TPSA) is 99.2 Å². The Kier molecular flexibility index (Phi) is 3.82. The molecule has 2 aromatic rings. The zero-order chi connectivity index (χ0) is 14.5. The molecule has 2 rings (SSSR count). The van der Waals surface area contributed by atoms with Crippen LogP contribution in [0.25, 0.3) is 5.76 Å². The molecule has 1 aromatic carbocycles. The lowest BCUT2D eigenvalue weighted by molar-refractivity contribution is -0.112. The van der Waals surface area contributed by atoms with Crippen molar-refractivity contribution >= 4 is 17.4 Å². The second kappa shape index (κ2) is 5.71. The van der Waals surface area contributed by atoms with Crippen LogP contribution in [0.15, 0.2) is 46.6 Å². The number of benzene rings is 1. The van der Waals surface area contributed by atoms with E-state index >= 15 is 0 Å². The van der Waals surface area contributed by atoms with Crippen molar-refractivity contribution in [2.45, 2.75) is 6.92 Å². The average Bonchev–Trinajstić information content (AvgIpc) is 2.86. The predicted molar refractivity (Wildman–Crippen MR) is 71.5 cm³/mol. The fourth-order valence-corrected chi connectivity index (χ4v) is 1.59. The van der Waals surface area contributed by atoms with Crippen molar-refractivity contribution in [3.63, 3.8) is 0 Å². The molecule has 100 valence electrons. The van der Waals surface area contributed by atoms with Crippen molar-refractivity contribution in [2.24, 2.45) is 0 Å². The molecule has 0 spiro atoms. The van der Waals surface area contributed by atoms with Gasteiger partial charge in [-0.3, -0.25) is 4.79 Å². The zero-order valence-corrected chi connectivity index (χ0v) is 10.6. The summed E-state index contributed by atoms with van der Waals surface area (Å²) in [7, 11) is 0. The Morgan fingerprint density at radius 3 is 2.65 bits per heavy atom. The van der Waals surface area contributed by atoms with Crippen LogP contribution >= 0.6 is 0 Å². The molecule has 6 nitrogen and oxygen atoms in total. The Balaban J connectivity index is 2.31. The van der Waals surface area contributed by atoms with Gasteiger partial charge in [-0.25, -0.2) is 0 Å². The third-order valence-corrected chi connectivity index (χ3v) is 2.61. The minimum atomic E-state index is -0.697. The third kappa shape index (κ3) is 2.67. The summed E-state index contributed by atoms with van der Waals surface area (Å²) in [5.41, 5.74) is 0.338. The van der Waals surface area contributed by atoms with Crippen molar-refractivity contribution in [2.75, 3.05) is 5.32 Å². The quantitative estimate of drug-likeness (QED) is 0.506. The molecule has 0 aliphatic carbocycles. The third-order valence-electron chi connectivity index (χ3n) is 2.61. The second-order valence-corrected chi connectivity index (χ2v) is 3.95. The normalized spacial score (nSPS) is 11.4. The molecule has 0 aliphatic heterocycles. The number of carbonyl (C=O) groups is 1. The van der Waals surface area contributed by atoms with Gasteiger partial charge in [0.1, 0.15) is 11.8 Å². The molecule has 0 saturated carbocycles. The molecule has 1 amide bonds. The molecule has 1 aromatic heterocycles. The van der Waals surface area contributed by atoms with Crippen LogP contribution in [0.2, 0.25) is 0 Å². The lowest BCUT2D eigenvalue weighted by atomic mass is 10.1. The number of para-hydroxylation sites is 1. The van der Waals surface area contributed by atoms with Gasteiger partial charge in [0.05, 0.1) is 11.8 Å². The number of nitriles is 1. The fourth-order valence-electron chi connectivity index (χ4n) is 1.59. The van der Waals surface area contributed by atoms with Gasteiger partial charge in [0.25, 0.3) is 5.91 Å². The van der Waals surface area contributed by atoms with Crippen LogP contribution in [0, 0.1) is 18.3 Å². The smallest absolute Gasteiger partial charge is 0.270 e. The summed E-state index contributed by atoms with van der Waals surface area (Å²) in [5, 5.41) is 25.1. The van der Waals surface area contributed by atoms with E-state index in [1.807, 2.05) is 0 Å². The maximum atomic E-state index is 12.0. The number of nitrogens with zero attached hydrogens (tertiary/aromatic N) is 2. The summed E-state index contributed by atoms with van der Waals surface area (Å²) in [6, 6.07) is 10.3. The standard InChI is InChI=1S/C14H11N3O3/c1-9-12(8-16-20-9)13(18)11(7-15)14(19)17-10-5-3-2-4-6-10/h2-6,8,18H,1H3,(H,17,19)/b13-11-. The minimum Gasteiger partial charge on any atom is -0.506 e. The van der Waals surface area contributed by atoms with E-state index in [9.17, 15) is 9.90 Å². The molecule has 0 fully saturated rings. The van der Waals surface area contributed by atoms with Crippen LogP contribution in [0.3, 0.4) is 0 Å². The van der Waals surface area contributed by atoms with Crippen molar-refractivity contribution in [1.82, 2.24) is 5.16 Å². The summed E-state index contributed by atoms with van der Waals surface area (Å²) in [5.74, 6) is -0.834. The minimum absolute atomic E-state index is 0.213.